The molecular weight excluding hydrogens is 306 g/mol. The molecule has 0 unspecified atom stereocenters. The first-order valence-electron chi connectivity index (χ1n) is 7.97. The first-order chi connectivity index (χ1) is 11.3. The monoisotopic (exact) mass is 329 g/mol. The van der Waals surface area contributed by atoms with Crippen LogP contribution in [0.2, 0.25) is 0 Å². The van der Waals surface area contributed by atoms with E-state index in [1.54, 1.807) is 18.5 Å². The Morgan fingerprint density at radius 2 is 1.79 bits per heavy atom. The molecule has 2 aromatic rings. The molecule has 0 atom stereocenters. The first kappa shape index (κ1) is 17.7. The van der Waals surface area contributed by atoms with Gasteiger partial charge in [0, 0.05) is 29.4 Å². The molecule has 0 radical (unpaired) electrons. The molecule has 0 aliphatic carbocycles. The molecule has 128 valence electrons. The molecule has 0 saturated heterocycles. The molecule has 0 aliphatic rings. The smallest absolute Gasteiger partial charge is 0.325 e. The number of carbonyl (C=O) groups excluding carboxylic acids is 1. The van der Waals surface area contributed by atoms with E-state index < -0.39 is 5.97 Å². The zero-order valence-electron chi connectivity index (χ0n) is 14.4. The predicted molar refractivity (Wildman–Crippen MR) is 91.7 cm³/mol. The van der Waals surface area contributed by atoms with Gasteiger partial charge in [-0.25, -0.2) is 0 Å². The average molecular weight is 329 g/mol. The molecule has 1 amide bonds. The van der Waals surface area contributed by atoms with Gasteiger partial charge in [-0.3, -0.25) is 14.3 Å². The van der Waals surface area contributed by atoms with Crippen LogP contribution in [0, 0.1) is 0 Å². The van der Waals surface area contributed by atoms with Gasteiger partial charge in [-0.15, -0.1) is 0 Å². The molecule has 0 fully saturated rings. The van der Waals surface area contributed by atoms with E-state index in [-0.39, 0.29) is 24.5 Å². The van der Waals surface area contributed by atoms with Crippen molar-refractivity contribution < 1.29 is 14.7 Å². The summed E-state index contributed by atoms with van der Waals surface area (Å²) in [7, 11) is 0. The molecule has 6 heteroatoms. The number of benzene rings is 1. The Morgan fingerprint density at radius 1 is 1.17 bits per heavy atom. The fourth-order valence-electron chi connectivity index (χ4n) is 2.85. The standard InChI is InChI=1S/C18H23N3O3/c1-12(2)21(13(3)4)18(24)16-8-6-5-7-15(16)14-9-19-20(10-14)11-17(22)23/h5-10,12-13H,11H2,1-4H3,(H,22,23). The van der Waals surface area contributed by atoms with Crippen LogP contribution in [0.1, 0.15) is 38.1 Å². The number of amides is 1. The highest BCUT2D eigenvalue weighted by Gasteiger charge is 2.24. The summed E-state index contributed by atoms with van der Waals surface area (Å²) in [6, 6.07) is 7.51. The van der Waals surface area contributed by atoms with E-state index in [9.17, 15) is 9.59 Å². The van der Waals surface area contributed by atoms with E-state index in [2.05, 4.69) is 5.10 Å². The third-order valence-corrected chi connectivity index (χ3v) is 3.75. The molecule has 24 heavy (non-hydrogen) atoms. The predicted octanol–water partition coefficient (Wildman–Crippen LogP) is 2.89. The van der Waals surface area contributed by atoms with Gasteiger partial charge in [-0.1, -0.05) is 18.2 Å². The lowest BCUT2D eigenvalue weighted by Crippen LogP contribution is -2.42. The van der Waals surface area contributed by atoms with Gasteiger partial charge in [-0.05, 0) is 39.3 Å². The zero-order valence-corrected chi connectivity index (χ0v) is 14.4. The van der Waals surface area contributed by atoms with Crippen molar-refractivity contribution in [3.8, 4) is 11.1 Å². The van der Waals surface area contributed by atoms with Crippen molar-refractivity contribution in [3.63, 3.8) is 0 Å². The van der Waals surface area contributed by atoms with E-state index in [0.29, 0.717) is 5.56 Å². The third kappa shape index (κ3) is 3.82. The Labute approximate surface area is 141 Å². The van der Waals surface area contributed by atoms with Crippen molar-refractivity contribution in [1.29, 1.82) is 0 Å². The lowest BCUT2D eigenvalue weighted by molar-refractivity contribution is -0.137. The fraction of sp³-hybridized carbons (Fsp3) is 0.389. The number of hydrogen-bond acceptors (Lipinski definition) is 3. The number of carboxylic acids is 1. The molecule has 1 aromatic heterocycles. The summed E-state index contributed by atoms with van der Waals surface area (Å²) < 4.78 is 1.35. The number of aromatic nitrogens is 2. The summed E-state index contributed by atoms with van der Waals surface area (Å²) in [4.78, 5) is 25.7. The van der Waals surface area contributed by atoms with Gasteiger partial charge in [0.2, 0.25) is 0 Å². The van der Waals surface area contributed by atoms with Gasteiger partial charge in [0.15, 0.2) is 0 Å². The maximum Gasteiger partial charge on any atom is 0.325 e. The maximum atomic E-state index is 13.0. The second-order valence-electron chi connectivity index (χ2n) is 6.27. The summed E-state index contributed by atoms with van der Waals surface area (Å²) in [5, 5.41) is 12.9. The Kier molecular flexibility index (Phi) is 5.39. The number of nitrogens with zero attached hydrogens (tertiary/aromatic N) is 3. The molecule has 1 N–H and O–H groups in total. The molecule has 2 rings (SSSR count). The van der Waals surface area contributed by atoms with Gasteiger partial charge >= 0.3 is 5.97 Å². The number of hydrogen-bond donors (Lipinski definition) is 1. The van der Waals surface area contributed by atoms with Crippen molar-refractivity contribution >= 4 is 11.9 Å². The summed E-state index contributed by atoms with van der Waals surface area (Å²) in [6.45, 7) is 7.76. The van der Waals surface area contributed by atoms with E-state index in [0.717, 1.165) is 11.1 Å². The zero-order chi connectivity index (χ0) is 17.9. The Morgan fingerprint density at radius 3 is 2.38 bits per heavy atom. The summed E-state index contributed by atoms with van der Waals surface area (Å²) in [6.07, 6.45) is 3.24. The fourth-order valence-corrected chi connectivity index (χ4v) is 2.85. The number of carbonyl (C=O) groups is 2. The van der Waals surface area contributed by atoms with Crippen LogP contribution in [-0.4, -0.2) is 43.7 Å². The number of aliphatic carboxylic acids is 1. The minimum absolute atomic E-state index is 0.0402. The van der Waals surface area contributed by atoms with Crippen LogP contribution in [0.15, 0.2) is 36.7 Å². The van der Waals surface area contributed by atoms with Crippen molar-refractivity contribution in [2.45, 2.75) is 46.3 Å². The highest BCUT2D eigenvalue weighted by molar-refractivity contribution is 6.01. The van der Waals surface area contributed by atoms with Crippen molar-refractivity contribution in [1.82, 2.24) is 14.7 Å². The summed E-state index contributed by atoms with van der Waals surface area (Å²) in [5.74, 6) is -0.999. The third-order valence-electron chi connectivity index (χ3n) is 3.75. The number of carboxylic acid groups (broad SMARTS) is 1. The SMILES string of the molecule is CC(C)N(C(=O)c1ccccc1-c1cnn(CC(=O)O)c1)C(C)C. The quantitative estimate of drug-likeness (QED) is 0.884. The lowest BCUT2D eigenvalue weighted by Gasteiger charge is -2.31. The Balaban J connectivity index is 2.42. The molecule has 0 bridgehead atoms. The van der Waals surface area contributed by atoms with Crippen molar-refractivity contribution in [2.75, 3.05) is 0 Å². The summed E-state index contributed by atoms with van der Waals surface area (Å²) in [5.41, 5.74) is 2.08. The molecule has 0 aliphatic heterocycles. The maximum absolute atomic E-state index is 13.0. The Hall–Kier alpha value is -2.63. The van der Waals surface area contributed by atoms with Crippen LogP contribution in [0.4, 0.5) is 0 Å². The van der Waals surface area contributed by atoms with Gasteiger partial charge in [0.25, 0.3) is 5.91 Å². The van der Waals surface area contributed by atoms with Crippen LogP contribution < -0.4 is 0 Å². The molecule has 0 saturated carbocycles. The minimum atomic E-state index is -0.959. The average Bonchev–Trinajstić information content (AvgIpc) is 2.94. The van der Waals surface area contributed by atoms with E-state index >= 15 is 0 Å². The van der Waals surface area contributed by atoms with Crippen LogP contribution in [0.5, 0.6) is 0 Å². The van der Waals surface area contributed by atoms with Crippen LogP contribution >= 0.6 is 0 Å². The molecule has 0 spiro atoms. The summed E-state index contributed by atoms with van der Waals surface area (Å²) >= 11 is 0. The molecular formula is C18H23N3O3. The van der Waals surface area contributed by atoms with Crippen LogP contribution in [-0.2, 0) is 11.3 Å². The minimum Gasteiger partial charge on any atom is -0.480 e. The van der Waals surface area contributed by atoms with E-state index in [1.165, 1.54) is 4.68 Å². The highest BCUT2D eigenvalue weighted by Crippen LogP contribution is 2.25. The van der Waals surface area contributed by atoms with E-state index in [4.69, 9.17) is 5.11 Å². The van der Waals surface area contributed by atoms with Crippen LogP contribution in [0.25, 0.3) is 11.1 Å². The molecule has 6 nitrogen and oxygen atoms in total. The van der Waals surface area contributed by atoms with Gasteiger partial charge in [-0.2, -0.15) is 5.10 Å². The van der Waals surface area contributed by atoms with Gasteiger partial charge in [0.1, 0.15) is 6.54 Å². The van der Waals surface area contributed by atoms with Crippen molar-refractivity contribution in [3.05, 3.63) is 42.2 Å². The largest absolute Gasteiger partial charge is 0.480 e. The topological polar surface area (TPSA) is 75.4 Å². The van der Waals surface area contributed by atoms with Gasteiger partial charge in [0.05, 0.1) is 6.20 Å². The second kappa shape index (κ2) is 7.29. The highest BCUT2D eigenvalue weighted by atomic mass is 16.4. The van der Waals surface area contributed by atoms with Crippen molar-refractivity contribution in [2.24, 2.45) is 0 Å². The molecule has 1 heterocycles. The van der Waals surface area contributed by atoms with Gasteiger partial charge < -0.3 is 10.0 Å². The lowest BCUT2D eigenvalue weighted by atomic mass is 10.0. The number of rotatable bonds is 6. The first-order valence-corrected chi connectivity index (χ1v) is 7.97. The van der Waals surface area contributed by atoms with E-state index in [1.807, 2.05) is 50.8 Å². The van der Waals surface area contributed by atoms with Crippen LogP contribution in [0.3, 0.4) is 0 Å². The second-order valence-corrected chi connectivity index (χ2v) is 6.27. The normalized spacial score (nSPS) is 11.1. The Bertz CT molecular complexity index is 727. The molecule has 1 aromatic carbocycles.